The molecule has 12 heteroatoms. The number of rotatable bonds is 6. The summed E-state index contributed by atoms with van der Waals surface area (Å²) < 4.78 is 49.3. The molecule has 158 valence electrons. The van der Waals surface area contributed by atoms with Crippen molar-refractivity contribution in [1.82, 2.24) is 19.3 Å². The topological polar surface area (TPSA) is 99.2 Å². The summed E-state index contributed by atoms with van der Waals surface area (Å²) in [7, 11) is 0. The Bertz CT molecular complexity index is 1330. The van der Waals surface area contributed by atoms with Crippen LogP contribution in [0.4, 0.5) is 13.2 Å². The number of carboxylic acids is 1. The van der Waals surface area contributed by atoms with Gasteiger partial charge in [-0.05, 0) is 24.3 Å². The Kier molecular flexibility index (Phi) is 5.29. The zero-order valence-corrected chi connectivity index (χ0v) is 16.1. The molecule has 0 atom stereocenters. The number of ether oxygens (including phenoxy) is 1. The van der Waals surface area contributed by atoms with Gasteiger partial charge in [0.05, 0.1) is 18.4 Å². The van der Waals surface area contributed by atoms with Gasteiger partial charge in [0.2, 0.25) is 10.1 Å². The number of halogens is 3. The number of benzene rings is 2. The summed E-state index contributed by atoms with van der Waals surface area (Å²) in [5.74, 6) is -3.90. The Morgan fingerprint density at radius 1 is 1.13 bits per heavy atom. The van der Waals surface area contributed by atoms with Gasteiger partial charge in [-0.2, -0.15) is 9.78 Å². The molecule has 31 heavy (non-hydrogen) atoms. The zero-order valence-electron chi connectivity index (χ0n) is 15.3. The maximum absolute atomic E-state index is 14.5. The minimum atomic E-state index is -1.24. The van der Waals surface area contributed by atoms with E-state index in [2.05, 4.69) is 10.1 Å². The molecule has 0 unspecified atom stereocenters. The summed E-state index contributed by atoms with van der Waals surface area (Å²) in [5, 5.41) is 12.6. The molecule has 0 bridgehead atoms. The summed E-state index contributed by atoms with van der Waals surface area (Å²) >= 11 is 0.722. The second-order valence-corrected chi connectivity index (χ2v) is 7.15. The van der Waals surface area contributed by atoms with Gasteiger partial charge in [-0.25, -0.2) is 27.7 Å². The van der Waals surface area contributed by atoms with Gasteiger partial charge < -0.3 is 9.84 Å². The Hall–Kier alpha value is -3.93. The summed E-state index contributed by atoms with van der Waals surface area (Å²) in [6, 6.07) is 6.92. The van der Waals surface area contributed by atoms with Gasteiger partial charge in [-0.3, -0.25) is 4.57 Å². The second kappa shape index (κ2) is 8.07. The van der Waals surface area contributed by atoms with Crippen molar-refractivity contribution >= 4 is 17.3 Å². The van der Waals surface area contributed by atoms with Gasteiger partial charge in [0.1, 0.15) is 18.0 Å². The van der Waals surface area contributed by atoms with Gasteiger partial charge in [0.15, 0.2) is 11.6 Å². The first-order valence-electron chi connectivity index (χ1n) is 8.57. The maximum Gasteiger partial charge on any atom is 0.365 e. The van der Waals surface area contributed by atoms with E-state index >= 15 is 0 Å². The SMILES string of the molecule is O=C(O)c1ncc(Oc2ccc(-n3ncn(Cc4c(F)cccc4F)c3=O)cc2F)s1. The van der Waals surface area contributed by atoms with E-state index in [1.54, 1.807) is 0 Å². The van der Waals surface area contributed by atoms with Crippen molar-refractivity contribution < 1.29 is 27.8 Å². The standard InChI is InChI=1S/C19H11F3N4O4S/c20-12-2-1-3-13(21)11(12)8-25-9-24-26(19(25)29)10-4-5-15(14(22)6-10)30-16-7-23-17(31-16)18(27)28/h1-7,9H,8H2,(H,27,28). The summed E-state index contributed by atoms with van der Waals surface area (Å²) in [5.41, 5.74) is -0.980. The number of hydrogen-bond acceptors (Lipinski definition) is 6. The predicted molar refractivity (Wildman–Crippen MR) is 102 cm³/mol. The third-order valence-electron chi connectivity index (χ3n) is 4.16. The molecule has 2 aromatic carbocycles. The number of aromatic carboxylic acids is 1. The molecule has 0 saturated carbocycles. The van der Waals surface area contributed by atoms with E-state index in [0.29, 0.717) is 0 Å². The van der Waals surface area contributed by atoms with Crippen molar-refractivity contribution in [3.63, 3.8) is 0 Å². The fraction of sp³-hybridized carbons (Fsp3) is 0.0526. The average molecular weight is 448 g/mol. The van der Waals surface area contributed by atoms with Crippen LogP contribution in [-0.2, 0) is 6.54 Å². The molecule has 0 radical (unpaired) electrons. The molecule has 1 N–H and O–H groups in total. The highest BCUT2D eigenvalue weighted by atomic mass is 32.1. The molecule has 0 spiro atoms. The molecule has 2 heterocycles. The Balaban J connectivity index is 1.58. The summed E-state index contributed by atoms with van der Waals surface area (Å²) in [6.07, 6.45) is 2.23. The van der Waals surface area contributed by atoms with Crippen LogP contribution < -0.4 is 10.4 Å². The Morgan fingerprint density at radius 2 is 1.87 bits per heavy atom. The summed E-state index contributed by atoms with van der Waals surface area (Å²) in [6.45, 7) is -0.391. The van der Waals surface area contributed by atoms with E-state index in [4.69, 9.17) is 9.84 Å². The number of aromatic nitrogens is 4. The number of carbonyl (C=O) groups is 1. The van der Waals surface area contributed by atoms with Crippen molar-refractivity contribution in [1.29, 1.82) is 0 Å². The first-order chi connectivity index (χ1) is 14.8. The van der Waals surface area contributed by atoms with Gasteiger partial charge in [-0.1, -0.05) is 17.4 Å². The molecule has 2 aromatic heterocycles. The minimum absolute atomic E-state index is 0.0538. The van der Waals surface area contributed by atoms with Crippen LogP contribution in [0.5, 0.6) is 10.8 Å². The maximum atomic E-state index is 14.5. The van der Waals surface area contributed by atoms with Crippen molar-refractivity contribution in [2.45, 2.75) is 6.54 Å². The van der Waals surface area contributed by atoms with E-state index in [0.717, 1.165) is 51.3 Å². The second-order valence-electron chi connectivity index (χ2n) is 6.16. The molecule has 0 fully saturated rings. The quantitative estimate of drug-likeness (QED) is 0.485. The van der Waals surface area contributed by atoms with Gasteiger partial charge in [0.25, 0.3) is 0 Å². The summed E-state index contributed by atoms with van der Waals surface area (Å²) in [4.78, 5) is 27.0. The third kappa shape index (κ3) is 4.05. The van der Waals surface area contributed by atoms with Crippen LogP contribution in [0.15, 0.2) is 53.7 Å². The largest absolute Gasteiger partial charge is 0.476 e. The lowest BCUT2D eigenvalue weighted by Crippen LogP contribution is -2.24. The van der Waals surface area contributed by atoms with Crippen LogP contribution in [0.3, 0.4) is 0 Å². The molecule has 4 aromatic rings. The highest BCUT2D eigenvalue weighted by Gasteiger charge is 2.16. The van der Waals surface area contributed by atoms with Crippen molar-refractivity contribution in [2.75, 3.05) is 0 Å². The molecule has 0 aliphatic heterocycles. The van der Waals surface area contributed by atoms with Crippen molar-refractivity contribution in [2.24, 2.45) is 0 Å². The minimum Gasteiger partial charge on any atom is -0.476 e. The lowest BCUT2D eigenvalue weighted by atomic mass is 10.2. The average Bonchev–Trinajstić information content (AvgIpc) is 3.34. The van der Waals surface area contributed by atoms with E-state index in [9.17, 15) is 22.8 Å². The predicted octanol–water partition coefficient (Wildman–Crippen LogP) is 3.45. The third-order valence-corrected chi connectivity index (χ3v) is 5.02. The Morgan fingerprint density at radius 3 is 2.52 bits per heavy atom. The first kappa shape index (κ1) is 20.3. The molecule has 0 aliphatic rings. The Labute approximate surface area is 175 Å². The van der Waals surface area contributed by atoms with E-state index in [1.807, 2.05) is 0 Å². The van der Waals surface area contributed by atoms with Gasteiger partial charge >= 0.3 is 11.7 Å². The molecular formula is C19H11F3N4O4S. The molecule has 0 saturated heterocycles. The van der Waals surface area contributed by atoms with Crippen molar-refractivity contribution in [3.05, 3.63) is 87.4 Å². The molecule has 8 nitrogen and oxygen atoms in total. The zero-order chi connectivity index (χ0) is 22.1. The van der Waals surface area contributed by atoms with E-state index < -0.39 is 35.7 Å². The van der Waals surface area contributed by atoms with Gasteiger partial charge in [0, 0.05) is 11.6 Å². The number of carboxylic acid groups (broad SMARTS) is 1. The normalized spacial score (nSPS) is 10.9. The van der Waals surface area contributed by atoms with Crippen LogP contribution in [0.2, 0.25) is 0 Å². The van der Waals surface area contributed by atoms with Crippen LogP contribution in [0.25, 0.3) is 5.69 Å². The fourth-order valence-electron chi connectivity index (χ4n) is 2.69. The number of nitrogens with zero attached hydrogens (tertiary/aromatic N) is 4. The van der Waals surface area contributed by atoms with Crippen LogP contribution >= 0.6 is 11.3 Å². The highest BCUT2D eigenvalue weighted by Crippen LogP contribution is 2.30. The van der Waals surface area contributed by atoms with Crippen LogP contribution in [0, 0.1) is 17.5 Å². The number of thiazole rings is 1. The van der Waals surface area contributed by atoms with Gasteiger partial charge in [-0.15, -0.1) is 0 Å². The van der Waals surface area contributed by atoms with E-state index in [1.165, 1.54) is 18.2 Å². The molecule has 0 amide bonds. The molecule has 4 rings (SSSR count). The van der Waals surface area contributed by atoms with Crippen molar-refractivity contribution in [3.8, 4) is 16.5 Å². The van der Waals surface area contributed by atoms with E-state index in [-0.39, 0.29) is 27.1 Å². The molecule has 0 aliphatic carbocycles. The smallest absolute Gasteiger partial charge is 0.365 e. The van der Waals surface area contributed by atoms with Crippen LogP contribution in [0.1, 0.15) is 15.4 Å². The monoisotopic (exact) mass is 448 g/mol. The lowest BCUT2D eigenvalue weighted by molar-refractivity contribution is 0.0696. The highest BCUT2D eigenvalue weighted by molar-refractivity contribution is 7.15. The lowest BCUT2D eigenvalue weighted by Gasteiger charge is -2.06. The fourth-order valence-corrected chi connectivity index (χ4v) is 3.31. The number of hydrogen-bond donors (Lipinski definition) is 1. The molecular weight excluding hydrogens is 437 g/mol. The first-order valence-corrected chi connectivity index (χ1v) is 9.39. The van der Waals surface area contributed by atoms with Crippen LogP contribution in [-0.4, -0.2) is 30.4 Å².